The Bertz CT molecular complexity index is 244. The molecular weight excluding hydrogens is 126 g/mol. The molecule has 0 fully saturated rings. The summed E-state index contributed by atoms with van der Waals surface area (Å²) in [6, 6.07) is 3.71. The van der Waals surface area contributed by atoms with E-state index in [4.69, 9.17) is 11.5 Å². The monoisotopic (exact) mass is 135 g/mol. The lowest BCUT2D eigenvalue weighted by Crippen LogP contribution is -1.98. The third kappa shape index (κ3) is 1.20. The molecule has 1 aromatic rings. The molecule has 0 saturated heterocycles. The van der Waals surface area contributed by atoms with Crippen molar-refractivity contribution in [1.82, 2.24) is 4.57 Å². The SMILES string of the molecule is C#CCn1cccc1CO. The van der Waals surface area contributed by atoms with Crippen molar-refractivity contribution in [3.8, 4) is 12.3 Å². The summed E-state index contributed by atoms with van der Waals surface area (Å²) in [6.07, 6.45) is 6.94. The van der Waals surface area contributed by atoms with Gasteiger partial charge in [-0.3, -0.25) is 0 Å². The van der Waals surface area contributed by atoms with E-state index in [2.05, 4.69) is 5.92 Å². The first-order valence-corrected chi connectivity index (χ1v) is 3.07. The highest BCUT2D eigenvalue weighted by molar-refractivity contribution is 5.07. The highest BCUT2D eigenvalue weighted by Crippen LogP contribution is 2.00. The van der Waals surface area contributed by atoms with Crippen LogP contribution in [-0.2, 0) is 13.2 Å². The van der Waals surface area contributed by atoms with Gasteiger partial charge in [0.25, 0.3) is 0 Å². The summed E-state index contributed by atoms with van der Waals surface area (Å²) in [4.78, 5) is 0. The molecule has 0 aliphatic heterocycles. The van der Waals surface area contributed by atoms with E-state index in [1.165, 1.54) is 0 Å². The van der Waals surface area contributed by atoms with E-state index < -0.39 is 0 Å². The first-order chi connectivity index (χ1) is 4.88. The zero-order valence-corrected chi connectivity index (χ0v) is 5.62. The molecule has 1 N–H and O–H groups in total. The van der Waals surface area contributed by atoms with Gasteiger partial charge in [-0.2, -0.15) is 0 Å². The molecule has 0 atom stereocenters. The fourth-order valence-corrected chi connectivity index (χ4v) is 0.846. The van der Waals surface area contributed by atoms with Gasteiger partial charge >= 0.3 is 0 Å². The number of aliphatic hydroxyl groups excluding tert-OH is 1. The lowest BCUT2D eigenvalue weighted by Gasteiger charge is -2.00. The molecular formula is C8H9NO. The second kappa shape index (κ2) is 3.09. The number of nitrogens with zero attached hydrogens (tertiary/aromatic N) is 1. The largest absolute Gasteiger partial charge is 0.390 e. The fraction of sp³-hybridized carbons (Fsp3) is 0.250. The van der Waals surface area contributed by atoms with Crippen molar-refractivity contribution >= 4 is 0 Å². The number of aromatic nitrogens is 1. The molecule has 0 spiro atoms. The number of hydrogen-bond acceptors (Lipinski definition) is 1. The first-order valence-electron chi connectivity index (χ1n) is 3.07. The highest BCUT2D eigenvalue weighted by atomic mass is 16.3. The Hall–Kier alpha value is -1.20. The van der Waals surface area contributed by atoms with Gasteiger partial charge in [0.2, 0.25) is 0 Å². The summed E-state index contributed by atoms with van der Waals surface area (Å²) in [7, 11) is 0. The fourth-order valence-electron chi connectivity index (χ4n) is 0.846. The molecule has 0 saturated carbocycles. The molecule has 0 bridgehead atoms. The molecule has 1 aromatic heterocycles. The maximum absolute atomic E-state index is 8.74. The zero-order chi connectivity index (χ0) is 7.40. The summed E-state index contributed by atoms with van der Waals surface area (Å²) in [5, 5.41) is 8.74. The highest BCUT2D eigenvalue weighted by Gasteiger charge is 1.94. The smallest absolute Gasteiger partial charge is 0.0833 e. The molecule has 52 valence electrons. The minimum absolute atomic E-state index is 0.0503. The molecule has 0 radical (unpaired) electrons. The van der Waals surface area contributed by atoms with Gasteiger partial charge in [0.15, 0.2) is 0 Å². The Morgan fingerprint density at radius 1 is 1.70 bits per heavy atom. The van der Waals surface area contributed by atoms with Crippen molar-refractivity contribution in [3.63, 3.8) is 0 Å². The van der Waals surface area contributed by atoms with Crippen LogP contribution in [0, 0.1) is 12.3 Å². The summed E-state index contributed by atoms with van der Waals surface area (Å²) >= 11 is 0. The van der Waals surface area contributed by atoms with Gasteiger partial charge in [-0.15, -0.1) is 6.42 Å². The molecule has 1 heterocycles. The predicted octanol–water partition coefficient (Wildman–Crippen LogP) is 0.614. The van der Waals surface area contributed by atoms with Crippen LogP contribution in [0.4, 0.5) is 0 Å². The van der Waals surface area contributed by atoms with E-state index in [9.17, 15) is 0 Å². The van der Waals surface area contributed by atoms with E-state index in [1.54, 1.807) is 0 Å². The summed E-state index contributed by atoms with van der Waals surface area (Å²) in [5.41, 5.74) is 0.859. The quantitative estimate of drug-likeness (QED) is 0.591. The molecule has 0 aliphatic rings. The Morgan fingerprint density at radius 3 is 3.10 bits per heavy atom. The Morgan fingerprint density at radius 2 is 2.50 bits per heavy atom. The number of terminal acetylenes is 1. The number of aliphatic hydroxyl groups is 1. The number of rotatable bonds is 2. The van der Waals surface area contributed by atoms with Crippen LogP contribution < -0.4 is 0 Å². The number of hydrogen-bond donors (Lipinski definition) is 1. The summed E-state index contributed by atoms with van der Waals surface area (Å²) < 4.78 is 1.83. The average molecular weight is 135 g/mol. The summed E-state index contributed by atoms with van der Waals surface area (Å²) in [6.45, 7) is 0.581. The van der Waals surface area contributed by atoms with Gasteiger partial charge in [0, 0.05) is 11.9 Å². The van der Waals surface area contributed by atoms with Gasteiger partial charge in [-0.05, 0) is 12.1 Å². The lowest BCUT2D eigenvalue weighted by atomic mass is 10.4. The van der Waals surface area contributed by atoms with Gasteiger partial charge in [-0.25, -0.2) is 0 Å². The van der Waals surface area contributed by atoms with Crippen LogP contribution >= 0.6 is 0 Å². The van der Waals surface area contributed by atoms with Gasteiger partial charge in [-0.1, -0.05) is 5.92 Å². The van der Waals surface area contributed by atoms with E-state index in [0.717, 1.165) is 5.69 Å². The average Bonchev–Trinajstić information content (AvgIpc) is 2.36. The van der Waals surface area contributed by atoms with E-state index in [0.29, 0.717) is 6.54 Å². The van der Waals surface area contributed by atoms with E-state index in [1.807, 2.05) is 22.9 Å². The van der Waals surface area contributed by atoms with Crippen LogP contribution in [0.15, 0.2) is 18.3 Å². The molecule has 2 heteroatoms. The third-order valence-electron chi connectivity index (χ3n) is 1.35. The Labute approximate surface area is 60.1 Å². The molecule has 1 rings (SSSR count). The van der Waals surface area contributed by atoms with Crippen molar-refractivity contribution < 1.29 is 5.11 Å². The zero-order valence-electron chi connectivity index (χ0n) is 5.62. The normalized spacial score (nSPS) is 9.20. The minimum atomic E-state index is 0.0503. The maximum atomic E-state index is 8.74. The predicted molar refractivity (Wildman–Crippen MR) is 39.2 cm³/mol. The van der Waals surface area contributed by atoms with Crippen molar-refractivity contribution in [1.29, 1.82) is 0 Å². The van der Waals surface area contributed by atoms with Gasteiger partial charge in [0.1, 0.15) is 0 Å². The summed E-state index contributed by atoms with van der Waals surface area (Å²) in [5.74, 6) is 2.50. The Balaban J connectivity index is 2.82. The second-order valence-corrected chi connectivity index (χ2v) is 1.99. The van der Waals surface area contributed by atoms with Crippen molar-refractivity contribution in [2.45, 2.75) is 13.2 Å². The topological polar surface area (TPSA) is 25.2 Å². The van der Waals surface area contributed by atoms with Crippen molar-refractivity contribution in [3.05, 3.63) is 24.0 Å². The van der Waals surface area contributed by atoms with Crippen LogP contribution in [-0.4, -0.2) is 9.67 Å². The standard InChI is InChI=1S/C8H9NO/c1-2-5-9-6-3-4-8(9)7-10/h1,3-4,6,10H,5,7H2. The molecule has 0 aliphatic carbocycles. The first kappa shape index (κ1) is 6.91. The van der Waals surface area contributed by atoms with E-state index >= 15 is 0 Å². The Kier molecular flexibility index (Phi) is 2.14. The van der Waals surface area contributed by atoms with Crippen molar-refractivity contribution in [2.75, 3.05) is 0 Å². The lowest BCUT2D eigenvalue weighted by molar-refractivity contribution is 0.272. The molecule has 10 heavy (non-hydrogen) atoms. The second-order valence-electron chi connectivity index (χ2n) is 1.99. The van der Waals surface area contributed by atoms with Gasteiger partial charge in [0.05, 0.1) is 13.2 Å². The maximum Gasteiger partial charge on any atom is 0.0833 e. The van der Waals surface area contributed by atoms with Crippen LogP contribution in [0.5, 0.6) is 0 Å². The van der Waals surface area contributed by atoms with E-state index in [-0.39, 0.29) is 6.61 Å². The van der Waals surface area contributed by atoms with Crippen LogP contribution in [0.3, 0.4) is 0 Å². The van der Waals surface area contributed by atoms with Crippen LogP contribution in [0.25, 0.3) is 0 Å². The van der Waals surface area contributed by atoms with Crippen LogP contribution in [0.1, 0.15) is 5.69 Å². The molecule has 0 aromatic carbocycles. The molecule has 0 amide bonds. The molecule has 0 unspecified atom stereocenters. The minimum Gasteiger partial charge on any atom is -0.390 e. The van der Waals surface area contributed by atoms with Crippen molar-refractivity contribution in [2.24, 2.45) is 0 Å². The van der Waals surface area contributed by atoms with Gasteiger partial charge < -0.3 is 9.67 Å². The van der Waals surface area contributed by atoms with Crippen LogP contribution in [0.2, 0.25) is 0 Å². The third-order valence-corrected chi connectivity index (χ3v) is 1.35. The molecule has 2 nitrogen and oxygen atoms in total.